The number of aliphatic imine (C=N–C) groups is 1. The van der Waals surface area contributed by atoms with Gasteiger partial charge in [0, 0.05) is 17.8 Å². The molecular formula is C18H14ClN3OS. The van der Waals surface area contributed by atoms with Crippen molar-refractivity contribution in [2.75, 3.05) is 6.54 Å². The van der Waals surface area contributed by atoms with E-state index in [1.807, 2.05) is 30.3 Å². The number of carbonyl (C=O) groups is 1. The van der Waals surface area contributed by atoms with Crippen molar-refractivity contribution in [1.82, 2.24) is 9.88 Å². The summed E-state index contributed by atoms with van der Waals surface area (Å²) < 4.78 is 0. The van der Waals surface area contributed by atoms with Crippen molar-refractivity contribution in [1.29, 1.82) is 0 Å². The highest BCUT2D eigenvalue weighted by molar-refractivity contribution is 8.18. The summed E-state index contributed by atoms with van der Waals surface area (Å²) >= 11 is 7.34. The van der Waals surface area contributed by atoms with Crippen LogP contribution in [0.1, 0.15) is 5.56 Å². The van der Waals surface area contributed by atoms with E-state index < -0.39 is 0 Å². The van der Waals surface area contributed by atoms with Gasteiger partial charge >= 0.3 is 0 Å². The van der Waals surface area contributed by atoms with Gasteiger partial charge in [-0.1, -0.05) is 29.8 Å². The van der Waals surface area contributed by atoms with Crippen molar-refractivity contribution >= 4 is 46.2 Å². The number of amidine groups is 1. The van der Waals surface area contributed by atoms with Crippen molar-refractivity contribution in [3.63, 3.8) is 0 Å². The summed E-state index contributed by atoms with van der Waals surface area (Å²) in [5, 5.41) is 1.24. The fourth-order valence-corrected chi connectivity index (χ4v) is 3.37. The first-order valence-corrected chi connectivity index (χ1v) is 8.43. The highest BCUT2D eigenvalue weighted by atomic mass is 35.5. The molecule has 4 nitrogen and oxygen atoms in total. The Morgan fingerprint density at radius 1 is 1.33 bits per heavy atom. The molecule has 1 saturated heterocycles. The average Bonchev–Trinajstić information content (AvgIpc) is 2.85. The number of amides is 1. The van der Waals surface area contributed by atoms with Gasteiger partial charge in [0.1, 0.15) is 0 Å². The first-order valence-electron chi connectivity index (χ1n) is 7.24. The minimum absolute atomic E-state index is 0.0949. The van der Waals surface area contributed by atoms with Crippen LogP contribution in [0, 0.1) is 0 Å². The summed E-state index contributed by atoms with van der Waals surface area (Å²) in [6.07, 6.45) is 6.84. The molecule has 120 valence electrons. The lowest BCUT2D eigenvalue weighted by molar-refractivity contribution is -0.121. The molecule has 1 aliphatic heterocycles. The van der Waals surface area contributed by atoms with Crippen molar-refractivity contribution in [3.8, 4) is 0 Å². The summed E-state index contributed by atoms with van der Waals surface area (Å²) in [6, 6.07) is 11.0. The summed E-state index contributed by atoms with van der Waals surface area (Å²) in [4.78, 5) is 23.4. The normalized spacial score (nSPS) is 17.7. The Kier molecular flexibility index (Phi) is 5.13. The van der Waals surface area contributed by atoms with E-state index in [0.717, 1.165) is 5.56 Å². The molecule has 3 rings (SSSR count). The molecule has 0 bridgehead atoms. The van der Waals surface area contributed by atoms with Crippen LogP contribution in [0.25, 0.3) is 6.08 Å². The maximum atomic E-state index is 12.6. The van der Waals surface area contributed by atoms with Crippen LogP contribution in [0.15, 0.2) is 71.3 Å². The van der Waals surface area contributed by atoms with Crippen LogP contribution in [0.3, 0.4) is 0 Å². The highest BCUT2D eigenvalue weighted by Gasteiger charge is 2.32. The van der Waals surface area contributed by atoms with Crippen molar-refractivity contribution in [2.24, 2.45) is 4.99 Å². The van der Waals surface area contributed by atoms with E-state index in [9.17, 15) is 4.79 Å². The molecule has 0 N–H and O–H groups in total. The van der Waals surface area contributed by atoms with Gasteiger partial charge in [0.2, 0.25) is 0 Å². The van der Waals surface area contributed by atoms with E-state index in [0.29, 0.717) is 27.3 Å². The Bertz CT molecular complexity index is 833. The molecule has 2 heterocycles. The molecule has 24 heavy (non-hydrogen) atoms. The van der Waals surface area contributed by atoms with E-state index in [1.165, 1.54) is 11.8 Å². The molecule has 0 unspecified atom stereocenters. The van der Waals surface area contributed by atoms with Gasteiger partial charge in [0.25, 0.3) is 5.91 Å². The third-order valence-electron chi connectivity index (χ3n) is 3.22. The summed E-state index contributed by atoms with van der Waals surface area (Å²) in [6.45, 7) is 4.11. The number of benzene rings is 1. The van der Waals surface area contributed by atoms with Crippen molar-refractivity contribution in [3.05, 3.63) is 76.9 Å². The first-order chi connectivity index (χ1) is 11.7. The van der Waals surface area contributed by atoms with Crippen LogP contribution < -0.4 is 0 Å². The molecule has 0 spiro atoms. The SMILES string of the molecule is C=CCN1C(=O)/C(=C/c2cccc(Cl)c2)SC1=Nc1cccnc1. The molecule has 2 aromatic rings. The smallest absolute Gasteiger partial charge is 0.267 e. The van der Waals surface area contributed by atoms with E-state index >= 15 is 0 Å². The van der Waals surface area contributed by atoms with Gasteiger partial charge in [-0.25, -0.2) is 4.99 Å². The molecule has 0 atom stereocenters. The lowest BCUT2D eigenvalue weighted by Gasteiger charge is -2.12. The van der Waals surface area contributed by atoms with Crippen molar-refractivity contribution < 1.29 is 4.79 Å². The Balaban J connectivity index is 1.95. The van der Waals surface area contributed by atoms with Crippen LogP contribution in [-0.4, -0.2) is 27.5 Å². The average molecular weight is 356 g/mol. The molecule has 1 aromatic heterocycles. The van der Waals surface area contributed by atoms with Gasteiger partial charge in [-0.3, -0.25) is 14.7 Å². The topological polar surface area (TPSA) is 45.6 Å². The fourth-order valence-electron chi connectivity index (χ4n) is 2.16. The Labute approximate surface area is 149 Å². The summed E-state index contributed by atoms with van der Waals surface area (Å²) in [5.41, 5.74) is 1.57. The Morgan fingerprint density at radius 2 is 2.21 bits per heavy atom. The minimum Gasteiger partial charge on any atom is -0.283 e. The van der Waals surface area contributed by atoms with E-state index in [2.05, 4.69) is 16.6 Å². The molecular weight excluding hydrogens is 342 g/mol. The molecule has 0 saturated carbocycles. The number of nitrogens with zero attached hydrogens (tertiary/aromatic N) is 3. The van der Waals surface area contributed by atoms with Gasteiger partial charge in [0.15, 0.2) is 5.17 Å². The second-order valence-corrected chi connectivity index (χ2v) is 6.42. The van der Waals surface area contributed by atoms with Crippen LogP contribution in [0.4, 0.5) is 5.69 Å². The number of thioether (sulfide) groups is 1. The van der Waals surface area contributed by atoms with E-state index in [4.69, 9.17) is 11.6 Å². The van der Waals surface area contributed by atoms with E-state index in [1.54, 1.807) is 35.5 Å². The number of hydrogen-bond donors (Lipinski definition) is 0. The largest absolute Gasteiger partial charge is 0.283 e. The Morgan fingerprint density at radius 3 is 2.92 bits per heavy atom. The van der Waals surface area contributed by atoms with Crippen LogP contribution in [-0.2, 0) is 4.79 Å². The molecule has 0 aliphatic carbocycles. The van der Waals surface area contributed by atoms with Crippen LogP contribution in [0.5, 0.6) is 0 Å². The molecule has 1 aliphatic rings. The van der Waals surface area contributed by atoms with Gasteiger partial charge < -0.3 is 0 Å². The summed E-state index contributed by atoms with van der Waals surface area (Å²) in [7, 11) is 0. The zero-order chi connectivity index (χ0) is 16.9. The second kappa shape index (κ2) is 7.47. The van der Waals surface area contributed by atoms with Crippen molar-refractivity contribution in [2.45, 2.75) is 0 Å². The quantitative estimate of drug-likeness (QED) is 0.598. The van der Waals surface area contributed by atoms with Gasteiger partial charge in [-0.05, 0) is 47.7 Å². The highest BCUT2D eigenvalue weighted by Crippen LogP contribution is 2.34. The number of rotatable bonds is 4. The molecule has 0 radical (unpaired) electrons. The number of carbonyl (C=O) groups excluding carboxylic acids is 1. The van der Waals surface area contributed by atoms with Crippen LogP contribution >= 0.6 is 23.4 Å². The van der Waals surface area contributed by atoms with Gasteiger partial charge in [-0.15, -0.1) is 6.58 Å². The van der Waals surface area contributed by atoms with Gasteiger partial charge in [0.05, 0.1) is 16.8 Å². The third-order valence-corrected chi connectivity index (χ3v) is 4.46. The minimum atomic E-state index is -0.0949. The zero-order valence-corrected chi connectivity index (χ0v) is 14.3. The number of aromatic nitrogens is 1. The Hall–Kier alpha value is -2.37. The maximum absolute atomic E-state index is 12.6. The van der Waals surface area contributed by atoms with Gasteiger partial charge in [-0.2, -0.15) is 0 Å². The molecule has 1 aromatic carbocycles. The molecule has 1 fully saturated rings. The predicted octanol–water partition coefficient (Wildman–Crippen LogP) is 4.53. The lowest BCUT2D eigenvalue weighted by Crippen LogP contribution is -2.29. The van der Waals surface area contributed by atoms with Crippen LogP contribution in [0.2, 0.25) is 5.02 Å². The zero-order valence-electron chi connectivity index (χ0n) is 12.7. The standard InChI is InChI=1S/C18H14ClN3OS/c1-2-9-22-17(23)16(11-13-5-3-6-14(19)10-13)24-18(22)21-15-7-4-8-20-12-15/h2-8,10-12H,1,9H2/b16-11-,21-18?. The third kappa shape index (κ3) is 3.75. The second-order valence-electron chi connectivity index (χ2n) is 4.98. The number of pyridine rings is 1. The molecule has 6 heteroatoms. The maximum Gasteiger partial charge on any atom is 0.267 e. The van der Waals surface area contributed by atoms with E-state index in [-0.39, 0.29) is 5.91 Å². The lowest BCUT2D eigenvalue weighted by atomic mass is 10.2. The monoisotopic (exact) mass is 355 g/mol. The number of hydrogen-bond acceptors (Lipinski definition) is 4. The summed E-state index contributed by atoms with van der Waals surface area (Å²) in [5.74, 6) is -0.0949. The molecule has 1 amide bonds. The predicted molar refractivity (Wildman–Crippen MR) is 100 cm³/mol. The number of halogens is 1. The fraction of sp³-hybridized carbons (Fsp3) is 0.0556. The first kappa shape index (κ1) is 16.5.